The number of nitrogens with one attached hydrogen (secondary N) is 1. The molecule has 1 saturated carbocycles. The van der Waals surface area contributed by atoms with Crippen LogP contribution in [0.25, 0.3) is 0 Å². The molecule has 4 atom stereocenters. The molecule has 4 rings (SSSR count). The van der Waals surface area contributed by atoms with E-state index >= 15 is 4.39 Å². The fraction of sp³-hybridized carbons (Fsp3) is 0.565. The van der Waals surface area contributed by atoms with E-state index in [2.05, 4.69) is 15.3 Å². The molecule has 2 fully saturated rings. The molecule has 0 bridgehead atoms. The SMILES string of the molecule is CC1(O)CC(F)(F)CCC1Oc1nc(N[C@H]2CCN(S(=O)(=O)c3ccccc3)C[C@H]2F)ncc1C(F)(F)F. The molecule has 2 unspecified atom stereocenters. The molecule has 1 aromatic carbocycles. The Morgan fingerprint density at radius 2 is 1.87 bits per heavy atom. The first-order chi connectivity index (χ1) is 17.6. The topological polar surface area (TPSA) is 105 Å². The van der Waals surface area contributed by atoms with Gasteiger partial charge in [-0.1, -0.05) is 18.2 Å². The Hall–Kier alpha value is -2.65. The lowest BCUT2D eigenvalue weighted by Gasteiger charge is -2.40. The number of rotatable bonds is 6. The van der Waals surface area contributed by atoms with Crippen LogP contribution in [0, 0.1) is 0 Å². The van der Waals surface area contributed by atoms with Gasteiger partial charge in [-0.25, -0.2) is 26.6 Å². The van der Waals surface area contributed by atoms with Crippen LogP contribution in [0.4, 0.5) is 32.3 Å². The van der Waals surface area contributed by atoms with Crippen LogP contribution in [0.1, 0.15) is 38.2 Å². The van der Waals surface area contributed by atoms with Crippen LogP contribution < -0.4 is 10.1 Å². The molecule has 0 amide bonds. The summed E-state index contributed by atoms with van der Waals surface area (Å²) in [5.41, 5.74) is -3.53. The maximum atomic E-state index is 15.0. The Labute approximate surface area is 215 Å². The van der Waals surface area contributed by atoms with E-state index in [4.69, 9.17) is 4.74 Å². The van der Waals surface area contributed by atoms with E-state index < -0.39 is 89.2 Å². The Bertz CT molecular complexity index is 1250. The number of hydrogen-bond acceptors (Lipinski definition) is 7. The third-order valence-electron chi connectivity index (χ3n) is 6.60. The summed E-state index contributed by atoms with van der Waals surface area (Å²) in [6, 6.07) is 6.45. The van der Waals surface area contributed by atoms with Gasteiger partial charge in [-0.15, -0.1) is 0 Å². The predicted molar refractivity (Wildman–Crippen MR) is 123 cm³/mol. The first-order valence-electron chi connectivity index (χ1n) is 11.8. The van der Waals surface area contributed by atoms with Crippen LogP contribution in [0.3, 0.4) is 0 Å². The summed E-state index contributed by atoms with van der Waals surface area (Å²) in [5.74, 6) is -4.63. The van der Waals surface area contributed by atoms with Gasteiger partial charge in [-0.3, -0.25) is 0 Å². The van der Waals surface area contributed by atoms with Gasteiger partial charge in [0, 0.05) is 32.1 Å². The van der Waals surface area contributed by atoms with Crippen molar-refractivity contribution in [3.8, 4) is 5.88 Å². The van der Waals surface area contributed by atoms with Crippen molar-refractivity contribution in [2.75, 3.05) is 18.4 Å². The van der Waals surface area contributed by atoms with Crippen molar-refractivity contribution in [2.45, 2.75) is 73.5 Å². The molecule has 0 radical (unpaired) electrons. The summed E-state index contributed by atoms with van der Waals surface area (Å²) in [7, 11) is -3.94. The van der Waals surface area contributed by atoms with Gasteiger partial charge >= 0.3 is 6.18 Å². The molecule has 38 heavy (non-hydrogen) atoms. The van der Waals surface area contributed by atoms with Gasteiger partial charge in [-0.2, -0.15) is 22.5 Å². The number of piperidine rings is 1. The summed E-state index contributed by atoms with van der Waals surface area (Å²) >= 11 is 0. The van der Waals surface area contributed by atoms with Crippen LogP contribution in [0.15, 0.2) is 41.4 Å². The number of benzene rings is 1. The summed E-state index contributed by atoms with van der Waals surface area (Å²) in [4.78, 5) is 7.32. The maximum Gasteiger partial charge on any atom is 0.423 e. The van der Waals surface area contributed by atoms with E-state index in [9.17, 15) is 35.5 Å². The molecule has 8 nitrogen and oxygen atoms in total. The average molecular weight is 569 g/mol. The minimum Gasteiger partial charge on any atom is -0.471 e. The highest BCUT2D eigenvalue weighted by atomic mass is 32.2. The zero-order chi connectivity index (χ0) is 27.9. The number of halogens is 6. The van der Waals surface area contributed by atoms with Crippen molar-refractivity contribution in [3.05, 3.63) is 42.1 Å². The van der Waals surface area contributed by atoms with Gasteiger partial charge < -0.3 is 15.2 Å². The molecular weight excluding hydrogens is 542 g/mol. The van der Waals surface area contributed by atoms with Crippen molar-refractivity contribution < 1.29 is 44.6 Å². The molecule has 2 aliphatic rings. The molecule has 1 aromatic heterocycles. The summed E-state index contributed by atoms with van der Waals surface area (Å²) in [6.07, 6.45) is -9.87. The highest BCUT2D eigenvalue weighted by Gasteiger charge is 2.50. The number of aromatic nitrogens is 2. The molecule has 1 aliphatic carbocycles. The van der Waals surface area contributed by atoms with Crippen LogP contribution in [0.2, 0.25) is 0 Å². The predicted octanol–water partition coefficient (Wildman–Crippen LogP) is 4.03. The molecule has 0 spiro atoms. The third-order valence-corrected chi connectivity index (χ3v) is 8.47. The van der Waals surface area contributed by atoms with Gasteiger partial charge in [0.05, 0.1) is 10.9 Å². The monoisotopic (exact) mass is 568 g/mol. The second kappa shape index (κ2) is 10.2. The highest BCUT2D eigenvalue weighted by molar-refractivity contribution is 7.89. The van der Waals surface area contributed by atoms with Crippen molar-refractivity contribution in [2.24, 2.45) is 0 Å². The Kier molecular flexibility index (Phi) is 7.58. The van der Waals surface area contributed by atoms with Crippen molar-refractivity contribution in [3.63, 3.8) is 0 Å². The van der Waals surface area contributed by atoms with E-state index in [-0.39, 0.29) is 17.9 Å². The molecule has 2 aromatic rings. The van der Waals surface area contributed by atoms with E-state index in [0.29, 0.717) is 6.20 Å². The van der Waals surface area contributed by atoms with Crippen molar-refractivity contribution >= 4 is 16.0 Å². The van der Waals surface area contributed by atoms with Crippen LogP contribution in [0.5, 0.6) is 5.88 Å². The summed E-state index contributed by atoms with van der Waals surface area (Å²) in [6.45, 7) is 0.472. The zero-order valence-corrected chi connectivity index (χ0v) is 20.9. The fourth-order valence-electron chi connectivity index (χ4n) is 4.58. The van der Waals surface area contributed by atoms with Crippen LogP contribution in [-0.2, 0) is 16.2 Å². The Balaban J connectivity index is 1.50. The Morgan fingerprint density at radius 3 is 2.47 bits per heavy atom. The van der Waals surface area contributed by atoms with Gasteiger partial charge in [0.15, 0.2) is 0 Å². The molecule has 2 heterocycles. The van der Waals surface area contributed by atoms with Crippen molar-refractivity contribution in [1.82, 2.24) is 14.3 Å². The van der Waals surface area contributed by atoms with E-state index in [1.807, 2.05) is 0 Å². The van der Waals surface area contributed by atoms with Gasteiger partial charge in [0.1, 0.15) is 23.4 Å². The van der Waals surface area contributed by atoms with Gasteiger partial charge in [-0.05, 0) is 31.9 Å². The zero-order valence-electron chi connectivity index (χ0n) is 20.1. The van der Waals surface area contributed by atoms with Crippen molar-refractivity contribution in [1.29, 1.82) is 0 Å². The fourth-order valence-corrected chi connectivity index (χ4v) is 6.07. The number of ether oxygens (including phenoxy) is 1. The molecule has 1 saturated heterocycles. The minimum absolute atomic E-state index is 0.00262. The molecule has 2 N–H and O–H groups in total. The number of anilines is 1. The van der Waals surface area contributed by atoms with Gasteiger partial charge in [0.25, 0.3) is 5.92 Å². The molecule has 1 aliphatic heterocycles. The number of aliphatic hydroxyl groups is 1. The van der Waals surface area contributed by atoms with Crippen LogP contribution in [-0.4, -0.2) is 70.7 Å². The quantitative estimate of drug-likeness (QED) is 0.508. The van der Waals surface area contributed by atoms with Crippen LogP contribution >= 0.6 is 0 Å². The summed E-state index contributed by atoms with van der Waals surface area (Å²) in [5, 5.41) is 13.0. The second-order valence-corrected chi connectivity index (χ2v) is 11.6. The molecule has 210 valence electrons. The van der Waals surface area contributed by atoms with E-state index in [1.54, 1.807) is 6.07 Å². The van der Waals surface area contributed by atoms with Gasteiger partial charge in [0.2, 0.25) is 21.9 Å². The largest absolute Gasteiger partial charge is 0.471 e. The number of hydrogen-bond donors (Lipinski definition) is 2. The lowest BCUT2D eigenvalue weighted by Crippen LogP contribution is -2.52. The molecule has 15 heteroatoms. The normalized spacial score (nSPS) is 28.6. The Morgan fingerprint density at radius 1 is 1.18 bits per heavy atom. The average Bonchev–Trinajstić information content (AvgIpc) is 2.81. The van der Waals surface area contributed by atoms with E-state index in [1.165, 1.54) is 24.3 Å². The standard InChI is InChI=1S/C23H26F6N4O4S/c1-21(34)13-22(25,26)9-7-18(21)37-19-15(23(27,28)29)11-30-20(32-19)31-17-8-10-33(12-16(17)24)38(35,36)14-5-3-2-4-6-14/h2-6,11,16-18,34H,7-10,12-13H2,1H3,(H,30,31,32)/t16-,17+,18?,21?/m1/s1. The number of alkyl halides is 6. The summed E-state index contributed by atoms with van der Waals surface area (Å²) < 4.78 is 115. The highest BCUT2D eigenvalue weighted by Crippen LogP contribution is 2.42. The number of nitrogens with zero attached hydrogens (tertiary/aromatic N) is 3. The third kappa shape index (κ3) is 6.15. The lowest BCUT2D eigenvalue weighted by molar-refractivity contribution is -0.167. The number of sulfonamides is 1. The first-order valence-corrected chi connectivity index (χ1v) is 13.2. The lowest BCUT2D eigenvalue weighted by atomic mass is 9.81. The van der Waals surface area contributed by atoms with E-state index in [0.717, 1.165) is 11.2 Å². The smallest absolute Gasteiger partial charge is 0.423 e. The minimum atomic E-state index is -4.96. The molecular formula is C23H26F6N4O4S. The second-order valence-electron chi connectivity index (χ2n) is 9.68. The maximum absolute atomic E-state index is 15.0. The first kappa shape index (κ1) is 28.4.